The second-order valence-electron chi connectivity index (χ2n) is 4.32. The maximum absolute atomic E-state index is 12.9. The molecule has 3 nitrogen and oxygen atoms in total. The topological polar surface area (TPSA) is 33.6 Å². The van der Waals surface area contributed by atoms with Crippen molar-refractivity contribution in [3.05, 3.63) is 52.0 Å². The average Bonchev–Trinajstić information content (AvgIpc) is 2.74. The molecule has 2 heterocycles. The summed E-state index contributed by atoms with van der Waals surface area (Å²) in [4.78, 5) is 6.82. The smallest absolute Gasteiger partial charge is 0.329 e. The van der Waals surface area contributed by atoms with Crippen LogP contribution < -0.4 is 0 Å². The van der Waals surface area contributed by atoms with Crippen LogP contribution in [0.2, 0.25) is 5.02 Å². The van der Waals surface area contributed by atoms with Gasteiger partial charge in [-0.15, -0.1) is 0 Å². The van der Waals surface area contributed by atoms with E-state index < -0.39 is 11.7 Å². The van der Waals surface area contributed by atoms with E-state index in [1.807, 2.05) is 0 Å². The molecule has 0 aliphatic carbocycles. The molecule has 0 atom stereocenters. The summed E-state index contributed by atoms with van der Waals surface area (Å²) in [6, 6.07) is 4.78. The van der Waals surface area contributed by atoms with Crippen molar-refractivity contribution in [2.45, 2.75) is 6.18 Å². The molecule has 3 aromatic rings. The lowest BCUT2D eigenvalue weighted by Crippen LogP contribution is -2.06. The van der Waals surface area contributed by atoms with Crippen LogP contribution in [0.25, 0.3) is 16.7 Å². The minimum Gasteiger partial charge on any atom is -0.329 e. The lowest BCUT2D eigenvalue weighted by molar-refractivity contribution is -0.137. The summed E-state index contributed by atoms with van der Waals surface area (Å²) in [5.41, 5.74) is 0.619. The number of hydrogen-bond donors (Lipinski definition) is 1. The first-order chi connectivity index (χ1) is 9.88. The maximum atomic E-state index is 12.9. The Bertz CT molecular complexity index is 882. The van der Waals surface area contributed by atoms with Crippen molar-refractivity contribution in [3.63, 3.8) is 0 Å². The van der Waals surface area contributed by atoms with Gasteiger partial charge in [-0.1, -0.05) is 11.6 Å². The Balaban J connectivity index is 2.33. The Morgan fingerprint density at radius 3 is 2.71 bits per heavy atom. The predicted octanol–water partition coefficient (Wildman–Crippen LogP) is 4.76. The number of fused-ring (bicyclic) bond motifs is 1. The molecule has 0 spiro atoms. The Hall–Kier alpha value is -1.86. The summed E-state index contributed by atoms with van der Waals surface area (Å²) >= 11 is 11.2. The molecule has 0 unspecified atom stereocenters. The van der Waals surface area contributed by atoms with Crippen LogP contribution in [-0.2, 0) is 6.18 Å². The monoisotopic (exact) mass is 329 g/mol. The number of nitrogens with zero attached hydrogens (tertiary/aromatic N) is 2. The molecule has 0 saturated carbocycles. The van der Waals surface area contributed by atoms with E-state index in [9.17, 15) is 13.2 Å². The molecule has 0 radical (unpaired) electrons. The van der Waals surface area contributed by atoms with Gasteiger partial charge in [0, 0.05) is 6.20 Å². The fourth-order valence-electron chi connectivity index (χ4n) is 2.06. The van der Waals surface area contributed by atoms with Gasteiger partial charge in [-0.25, -0.2) is 0 Å². The van der Waals surface area contributed by atoms with Crippen molar-refractivity contribution in [1.29, 1.82) is 0 Å². The van der Waals surface area contributed by atoms with Gasteiger partial charge in [0.25, 0.3) is 0 Å². The third kappa shape index (κ3) is 2.43. The third-order valence-corrected chi connectivity index (χ3v) is 3.60. The van der Waals surface area contributed by atoms with Crippen LogP contribution in [0.1, 0.15) is 5.56 Å². The van der Waals surface area contributed by atoms with Crippen LogP contribution in [0.4, 0.5) is 13.2 Å². The maximum Gasteiger partial charge on any atom is 0.416 e. The number of pyridine rings is 1. The summed E-state index contributed by atoms with van der Waals surface area (Å²) in [5.74, 6) is 0. The molecule has 0 aliphatic heterocycles. The highest BCUT2D eigenvalue weighted by Gasteiger charge is 2.31. The van der Waals surface area contributed by atoms with E-state index in [4.69, 9.17) is 23.8 Å². The molecule has 0 saturated heterocycles. The molecule has 8 heteroatoms. The normalized spacial score (nSPS) is 12.0. The number of hydrogen-bond acceptors (Lipinski definition) is 2. The minimum absolute atomic E-state index is 0.175. The molecule has 1 aromatic carbocycles. The highest BCUT2D eigenvalue weighted by molar-refractivity contribution is 7.71. The lowest BCUT2D eigenvalue weighted by atomic mass is 10.2. The third-order valence-electron chi connectivity index (χ3n) is 3.00. The summed E-state index contributed by atoms with van der Waals surface area (Å²) in [6.07, 6.45) is -1.37. The number of aromatic nitrogens is 3. The highest BCUT2D eigenvalue weighted by atomic mass is 35.5. The first-order valence-corrected chi connectivity index (χ1v) is 6.58. The van der Waals surface area contributed by atoms with Gasteiger partial charge < -0.3 is 4.98 Å². The molecule has 0 bridgehead atoms. The zero-order valence-corrected chi connectivity index (χ0v) is 11.9. The Labute approximate surface area is 127 Å². The van der Waals surface area contributed by atoms with Crippen LogP contribution in [0.5, 0.6) is 0 Å². The van der Waals surface area contributed by atoms with Crippen molar-refractivity contribution in [2.75, 3.05) is 0 Å². The predicted molar refractivity (Wildman–Crippen MR) is 76.3 cm³/mol. The van der Waals surface area contributed by atoms with Crippen LogP contribution in [0, 0.1) is 4.77 Å². The summed E-state index contributed by atoms with van der Waals surface area (Å²) in [6.45, 7) is 0. The van der Waals surface area contributed by atoms with Crippen molar-refractivity contribution in [3.8, 4) is 5.69 Å². The lowest BCUT2D eigenvalue weighted by Gasteiger charge is -2.11. The van der Waals surface area contributed by atoms with Crippen molar-refractivity contribution >= 4 is 34.9 Å². The number of benzene rings is 1. The summed E-state index contributed by atoms with van der Waals surface area (Å²) in [5, 5.41) is 0.178. The number of nitrogens with one attached hydrogen (secondary N) is 1. The first kappa shape index (κ1) is 14.1. The van der Waals surface area contributed by atoms with Crippen molar-refractivity contribution in [1.82, 2.24) is 14.5 Å². The molecule has 0 fully saturated rings. The van der Waals surface area contributed by atoms with Gasteiger partial charge in [0.15, 0.2) is 4.77 Å². The van der Waals surface area contributed by atoms with Gasteiger partial charge in [-0.3, -0.25) is 9.55 Å². The van der Waals surface area contributed by atoms with Crippen molar-refractivity contribution in [2.24, 2.45) is 0 Å². The van der Waals surface area contributed by atoms with E-state index in [1.54, 1.807) is 12.3 Å². The van der Waals surface area contributed by atoms with Gasteiger partial charge in [0.05, 0.1) is 33.5 Å². The Morgan fingerprint density at radius 2 is 2.00 bits per heavy atom. The zero-order valence-electron chi connectivity index (χ0n) is 10.3. The van der Waals surface area contributed by atoms with Crippen LogP contribution in [0.15, 0.2) is 36.7 Å². The Morgan fingerprint density at radius 1 is 1.24 bits per heavy atom. The zero-order chi connectivity index (χ0) is 15.2. The number of alkyl halides is 3. The fourth-order valence-corrected chi connectivity index (χ4v) is 2.57. The number of H-pyrrole nitrogens is 1. The minimum atomic E-state index is -4.45. The SMILES string of the molecule is FC(F)(F)c1ccc(Cl)c(-n2c(=S)[nH]c3cnccc32)c1. The van der Waals surface area contributed by atoms with E-state index in [0.717, 1.165) is 12.1 Å². The van der Waals surface area contributed by atoms with Gasteiger partial charge in [0.2, 0.25) is 0 Å². The summed E-state index contributed by atoms with van der Waals surface area (Å²) < 4.78 is 40.3. The fraction of sp³-hybridized carbons (Fsp3) is 0.0769. The quantitative estimate of drug-likeness (QED) is 0.653. The van der Waals surface area contributed by atoms with E-state index in [0.29, 0.717) is 11.0 Å². The van der Waals surface area contributed by atoms with E-state index in [2.05, 4.69) is 9.97 Å². The van der Waals surface area contributed by atoms with Gasteiger partial charge in [0.1, 0.15) is 0 Å². The second-order valence-corrected chi connectivity index (χ2v) is 5.12. The van der Waals surface area contributed by atoms with E-state index in [1.165, 1.54) is 16.8 Å². The van der Waals surface area contributed by atoms with Crippen LogP contribution in [0.3, 0.4) is 0 Å². The molecule has 21 heavy (non-hydrogen) atoms. The molecular weight excluding hydrogens is 323 g/mol. The van der Waals surface area contributed by atoms with Crippen molar-refractivity contribution < 1.29 is 13.2 Å². The van der Waals surface area contributed by atoms with E-state index in [-0.39, 0.29) is 15.5 Å². The van der Waals surface area contributed by atoms with E-state index >= 15 is 0 Å². The first-order valence-electron chi connectivity index (χ1n) is 5.80. The van der Waals surface area contributed by atoms with Gasteiger partial charge in [-0.2, -0.15) is 13.2 Å². The molecule has 108 valence electrons. The molecule has 0 aliphatic rings. The van der Waals surface area contributed by atoms with Crippen LogP contribution in [-0.4, -0.2) is 14.5 Å². The largest absolute Gasteiger partial charge is 0.416 e. The van der Waals surface area contributed by atoms with Crippen LogP contribution >= 0.6 is 23.8 Å². The molecule has 1 N–H and O–H groups in total. The Kier molecular flexibility index (Phi) is 3.26. The number of aromatic amines is 1. The number of halogens is 4. The number of rotatable bonds is 1. The molecular formula is C13H7ClF3N3S. The average molecular weight is 330 g/mol. The number of imidazole rings is 1. The summed E-state index contributed by atoms with van der Waals surface area (Å²) in [7, 11) is 0. The molecule has 3 rings (SSSR count). The highest BCUT2D eigenvalue weighted by Crippen LogP contribution is 2.34. The van der Waals surface area contributed by atoms with Gasteiger partial charge in [-0.05, 0) is 36.5 Å². The molecule has 0 amide bonds. The van der Waals surface area contributed by atoms with Gasteiger partial charge >= 0.3 is 6.18 Å². The second kappa shape index (κ2) is 4.85. The molecule has 2 aromatic heterocycles. The standard InChI is InChI=1S/C13H7ClF3N3S/c14-8-2-1-7(13(15,16)17)5-11(8)20-10-3-4-18-6-9(10)19-12(20)21/h1-6H,(H,19,21).